The molecule has 0 bridgehead atoms. The second-order valence-corrected chi connectivity index (χ2v) is 3.67. The molecule has 0 spiro atoms. The maximum atomic E-state index is 5.85. The molecule has 0 saturated heterocycles. The van der Waals surface area contributed by atoms with Crippen molar-refractivity contribution in [1.82, 2.24) is 0 Å². The summed E-state index contributed by atoms with van der Waals surface area (Å²) < 4.78 is 0.315. The largest absolute Gasteiger partial charge is 0.112 e. The van der Waals surface area contributed by atoms with E-state index in [1.54, 1.807) is 0 Å². The van der Waals surface area contributed by atoms with E-state index in [-0.39, 0.29) is 0 Å². The molecule has 0 atom stereocenters. The van der Waals surface area contributed by atoms with Crippen LogP contribution in [0.2, 0.25) is 5.02 Å². The number of benzene rings is 1. The van der Waals surface area contributed by atoms with Gasteiger partial charge >= 0.3 is 0 Å². The van der Waals surface area contributed by atoms with Crippen molar-refractivity contribution in [2.45, 2.75) is 6.92 Å². The van der Waals surface area contributed by atoms with Crippen molar-refractivity contribution in [2.24, 2.45) is 0 Å². The monoisotopic (exact) mass is 204 g/mol. The summed E-state index contributed by atoms with van der Waals surface area (Å²) in [4.78, 5) is 0. The number of aryl methyl sites for hydroxylation is 1. The summed E-state index contributed by atoms with van der Waals surface area (Å²) in [6.45, 7) is 1.97. The first-order chi connectivity index (χ1) is 5.11. The molecule has 0 saturated carbocycles. The Hall–Kier alpha value is -0.110. The Morgan fingerprint density at radius 3 is 2.55 bits per heavy atom. The molecule has 0 fully saturated rings. The van der Waals surface area contributed by atoms with Gasteiger partial charge in [-0.2, -0.15) is 0 Å². The second-order valence-electron chi connectivity index (χ2n) is 2.26. The fourth-order valence-electron chi connectivity index (χ4n) is 0.780. The van der Waals surface area contributed by atoms with Crippen molar-refractivity contribution in [3.63, 3.8) is 0 Å². The first-order valence-corrected chi connectivity index (χ1v) is 4.23. The smallest absolute Gasteiger partial charge is 0.0836 e. The maximum Gasteiger partial charge on any atom is 0.112 e. The van der Waals surface area contributed by atoms with E-state index in [0.717, 1.165) is 11.1 Å². The maximum absolute atomic E-state index is 5.85. The Bertz CT molecular complexity index is 294. The number of hydrogen-bond donors (Lipinski definition) is 0. The minimum absolute atomic E-state index is 0.315. The SMILES string of the molecule is Cc1ccc(C(=S)Cl)c(Cl)c1. The van der Waals surface area contributed by atoms with Crippen LogP contribution in [0.4, 0.5) is 0 Å². The summed E-state index contributed by atoms with van der Waals surface area (Å²) in [5.41, 5.74) is 1.83. The Kier molecular flexibility index (Phi) is 2.88. The quantitative estimate of drug-likeness (QED) is 0.499. The Labute approximate surface area is 81.1 Å². The molecule has 0 amide bonds. The van der Waals surface area contributed by atoms with Gasteiger partial charge in [0.25, 0.3) is 0 Å². The van der Waals surface area contributed by atoms with Crippen molar-refractivity contribution < 1.29 is 0 Å². The third-order valence-corrected chi connectivity index (χ3v) is 2.07. The van der Waals surface area contributed by atoms with E-state index in [1.165, 1.54) is 0 Å². The second kappa shape index (κ2) is 3.53. The molecule has 0 aliphatic rings. The van der Waals surface area contributed by atoms with E-state index >= 15 is 0 Å². The molecule has 0 N–H and O–H groups in total. The zero-order chi connectivity index (χ0) is 8.43. The molecule has 0 nitrogen and oxygen atoms in total. The number of thiocarbonyl (C=S) groups is 1. The zero-order valence-corrected chi connectivity index (χ0v) is 8.22. The standard InChI is InChI=1S/C8H6Cl2S/c1-5-2-3-6(8(10)11)7(9)4-5/h2-4H,1H3. The van der Waals surface area contributed by atoms with Crippen LogP contribution in [-0.4, -0.2) is 4.32 Å². The topological polar surface area (TPSA) is 0 Å². The lowest BCUT2D eigenvalue weighted by Gasteiger charge is -2.00. The van der Waals surface area contributed by atoms with Crippen molar-refractivity contribution in [3.8, 4) is 0 Å². The summed E-state index contributed by atoms with van der Waals surface area (Å²) in [7, 11) is 0. The lowest BCUT2D eigenvalue weighted by molar-refractivity contribution is 1.47. The van der Waals surface area contributed by atoms with Crippen LogP contribution in [0.5, 0.6) is 0 Å². The summed E-state index contributed by atoms with van der Waals surface area (Å²) >= 11 is 16.2. The highest BCUT2D eigenvalue weighted by Crippen LogP contribution is 2.19. The molecule has 0 aliphatic heterocycles. The summed E-state index contributed by atoms with van der Waals surface area (Å²) in [6.07, 6.45) is 0. The van der Waals surface area contributed by atoms with Gasteiger partial charge in [-0.05, 0) is 18.6 Å². The molecule has 58 valence electrons. The molecular formula is C8H6Cl2S. The van der Waals surface area contributed by atoms with Gasteiger partial charge in [0.05, 0.1) is 5.02 Å². The summed E-state index contributed by atoms with van der Waals surface area (Å²) in [5.74, 6) is 0. The van der Waals surface area contributed by atoms with Gasteiger partial charge in [0, 0.05) is 5.56 Å². The molecule has 1 rings (SSSR count). The first-order valence-electron chi connectivity index (χ1n) is 3.07. The van der Waals surface area contributed by atoms with Crippen LogP contribution in [0.3, 0.4) is 0 Å². The first kappa shape index (κ1) is 8.98. The summed E-state index contributed by atoms with van der Waals surface area (Å²) in [6, 6.07) is 5.59. The predicted octanol–water partition coefficient (Wildman–Crippen LogP) is 3.56. The minimum atomic E-state index is 0.315. The van der Waals surface area contributed by atoms with Gasteiger partial charge in [-0.3, -0.25) is 0 Å². The lowest BCUT2D eigenvalue weighted by Crippen LogP contribution is -1.88. The molecule has 3 heteroatoms. The Morgan fingerprint density at radius 1 is 1.45 bits per heavy atom. The highest BCUT2D eigenvalue weighted by atomic mass is 35.5. The van der Waals surface area contributed by atoms with Gasteiger partial charge in [-0.1, -0.05) is 47.6 Å². The van der Waals surface area contributed by atoms with Gasteiger partial charge in [0.1, 0.15) is 4.32 Å². The van der Waals surface area contributed by atoms with Crippen LogP contribution >= 0.6 is 35.4 Å². The van der Waals surface area contributed by atoms with Crippen LogP contribution < -0.4 is 0 Å². The van der Waals surface area contributed by atoms with Gasteiger partial charge in [0.15, 0.2) is 0 Å². The van der Waals surface area contributed by atoms with Crippen LogP contribution in [0, 0.1) is 6.92 Å². The molecule has 0 heterocycles. The number of halogens is 2. The van der Waals surface area contributed by atoms with Gasteiger partial charge < -0.3 is 0 Å². The van der Waals surface area contributed by atoms with Crippen LogP contribution in [0.1, 0.15) is 11.1 Å². The van der Waals surface area contributed by atoms with E-state index in [0.29, 0.717) is 9.35 Å². The van der Waals surface area contributed by atoms with Crippen molar-refractivity contribution in [3.05, 3.63) is 34.3 Å². The molecule has 1 aromatic carbocycles. The normalized spacial score (nSPS) is 9.73. The average molecular weight is 205 g/mol. The van der Waals surface area contributed by atoms with Crippen molar-refractivity contribution in [1.29, 1.82) is 0 Å². The zero-order valence-electron chi connectivity index (χ0n) is 5.90. The molecular weight excluding hydrogens is 199 g/mol. The van der Waals surface area contributed by atoms with E-state index in [9.17, 15) is 0 Å². The molecule has 0 aliphatic carbocycles. The number of hydrogen-bond acceptors (Lipinski definition) is 1. The number of rotatable bonds is 1. The van der Waals surface area contributed by atoms with E-state index in [1.807, 2.05) is 25.1 Å². The average Bonchev–Trinajstić information content (AvgIpc) is 1.85. The predicted molar refractivity (Wildman–Crippen MR) is 53.7 cm³/mol. The molecule has 1 aromatic rings. The molecule has 0 aromatic heterocycles. The highest BCUT2D eigenvalue weighted by Gasteiger charge is 2.02. The van der Waals surface area contributed by atoms with E-state index in [4.69, 9.17) is 35.4 Å². The van der Waals surface area contributed by atoms with Crippen LogP contribution in [-0.2, 0) is 0 Å². The minimum Gasteiger partial charge on any atom is -0.0836 e. The molecule has 11 heavy (non-hydrogen) atoms. The third kappa shape index (κ3) is 2.16. The fraction of sp³-hybridized carbons (Fsp3) is 0.125. The highest BCUT2D eigenvalue weighted by molar-refractivity contribution is 7.83. The summed E-state index contributed by atoms with van der Waals surface area (Å²) in [5, 5.41) is 0.616. The third-order valence-electron chi connectivity index (χ3n) is 1.34. The van der Waals surface area contributed by atoms with Gasteiger partial charge in [-0.25, -0.2) is 0 Å². The van der Waals surface area contributed by atoms with E-state index in [2.05, 4.69) is 0 Å². The Morgan fingerprint density at radius 2 is 2.09 bits per heavy atom. The van der Waals surface area contributed by atoms with Crippen molar-refractivity contribution in [2.75, 3.05) is 0 Å². The fourth-order valence-corrected chi connectivity index (χ4v) is 1.56. The molecule has 0 radical (unpaired) electrons. The Balaban J connectivity index is 3.20. The van der Waals surface area contributed by atoms with Gasteiger partial charge in [0.2, 0.25) is 0 Å². The van der Waals surface area contributed by atoms with Crippen molar-refractivity contribution >= 4 is 39.7 Å². The van der Waals surface area contributed by atoms with Crippen LogP contribution in [0.15, 0.2) is 18.2 Å². The lowest BCUT2D eigenvalue weighted by atomic mass is 10.2. The van der Waals surface area contributed by atoms with Gasteiger partial charge in [-0.15, -0.1) is 0 Å². The van der Waals surface area contributed by atoms with Crippen LogP contribution in [0.25, 0.3) is 0 Å². The molecule has 0 unspecified atom stereocenters. The van der Waals surface area contributed by atoms with E-state index < -0.39 is 0 Å².